The Morgan fingerprint density at radius 2 is 2.21 bits per heavy atom. The zero-order chi connectivity index (χ0) is 13.5. The molecule has 0 spiro atoms. The predicted molar refractivity (Wildman–Crippen MR) is 78.0 cm³/mol. The van der Waals surface area contributed by atoms with Crippen LogP contribution in [0.15, 0.2) is 30.3 Å². The van der Waals surface area contributed by atoms with Gasteiger partial charge in [-0.1, -0.05) is 30.3 Å². The van der Waals surface area contributed by atoms with Crippen molar-refractivity contribution >= 4 is 5.91 Å². The van der Waals surface area contributed by atoms with Gasteiger partial charge in [-0.05, 0) is 50.8 Å². The van der Waals surface area contributed by atoms with Gasteiger partial charge in [-0.25, -0.2) is 0 Å². The van der Waals surface area contributed by atoms with Gasteiger partial charge in [-0.2, -0.15) is 0 Å². The summed E-state index contributed by atoms with van der Waals surface area (Å²) in [6.45, 7) is 4.16. The highest BCUT2D eigenvalue weighted by Crippen LogP contribution is 2.14. The van der Waals surface area contributed by atoms with E-state index in [1.54, 1.807) is 0 Å². The van der Waals surface area contributed by atoms with Crippen LogP contribution in [-0.2, 0) is 11.2 Å². The summed E-state index contributed by atoms with van der Waals surface area (Å²) in [6, 6.07) is 10.5. The zero-order valence-electron chi connectivity index (χ0n) is 11.7. The van der Waals surface area contributed by atoms with Crippen molar-refractivity contribution in [3.05, 3.63) is 35.9 Å². The van der Waals surface area contributed by atoms with Crippen molar-refractivity contribution in [2.75, 3.05) is 13.1 Å². The maximum atomic E-state index is 12.0. The molecule has 1 saturated heterocycles. The number of carbonyl (C=O) groups is 1. The van der Waals surface area contributed by atoms with Gasteiger partial charge in [0, 0.05) is 12.5 Å². The molecule has 1 heterocycles. The molecule has 0 radical (unpaired) electrons. The molecule has 2 N–H and O–H groups in total. The van der Waals surface area contributed by atoms with Crippen molar-refractivity contribution in [1.82, 2.24) is 10.6 Å². The highest BCUT2D eigenvalue weighted by Gasteiger charge is 2.17. The first-order valence-electron chi connectivity index (χ1n) is 7.28. The van der Waals surface area contributed by atoms with Gasteiger partial charge < -0.3 is 10.6 Å². The third-order valence-electron chi connectivity index (χ3n) is 3.67. The molecule has 1 aliphatic rings. The van der Waals surface area contributed by atoms with Gasteiger partial charge >= 0.3 is 0 Å². The average Bonchev–Trinajstić information content (AvgIpc) is 2.40. The van der Waals surface area contributed by atoms with E-state index in [2.05, 4.69) is 29.7 Å². The summed E-state index contributed by atoms with van der Waals surface area (Å²) in [7, 11) is 0. The number of piperidine rings is 1. The van der Waals surface area contributed by atoms with Crippen LogP contribution in [0.25, 0.3) is 0 Å². The van der Waals surface area contributed by atoms with E-state index < -0.39 is 0 Å². The second-order valence-electron chi connectivity index (χ2n) is 5.57. The lowest BCUT2D eigenvalue weighted by Gasteiger charge is -2.23. The first-order chi connectivity index (χ1) is 9.24. The standard InChI is InChI=1S/C16H24N2O/c1-13(10-14-6-3-2-4-7-14)18-16(19)11-15-8-5-9-17-12-15/h2-4,6-7,13,15,17H,5,8-12H2,1H3,(H,18,19). The topological polar surface area (TPSA) is 41.1 Å². The molecular formula is C16H24N2O. The lowest BCUT2D eigenvalue weighted by molar-refractivity contribution is -0.122. The SMILES string of the molecule is CC(Cc1ccccc1)NC(=O)CC1CCCNC1. The molecule has 0 bridgehead atoms. The first kappa shape index (κ1) is 14.1. The summed E-state index contributed by atoms with van der Waals surface area (Å²) < 4.78 is 0. The summed E-state index contributed by atoms with van der Waals surface area (Å²) >= 11 is 0. The van der Waals surface area contributed by atoms with Crippen LogP contribution < -0.4 is 10.6 Å². The van der Waals surface area contributed by atoms with Crippen LogP contribution >= 0.6 is 0 Å². The van der Waals surface area contributed by atoms with E-state index in [-0.39, 0.29) is 11.9 Å². The molecule has 0 aliphatic carbocycles. The van der Waals surface area contributed by atoms with E-state index in [1.165, 1.54) is 18.4 Å². The molecular weight excluding hydrogens is 236 g/mol. The molecule has 1 aromatic carbocycles. The van der Waals surface area contributed by atoms with Crippen molar-refractivity contribution in [2.24, 2.45) is 5.92 Å². The Kier molecular flexibility index (Phi) is 5.40. The molecule has 3 heteroatoms. The van der Waals surface area contributed by atoms with Crippen molar-refractivity contribution in [3.63, 3.8) is 0 Å². The fourth-order valence-electron chi connectivity index (χ4n) is 2.71. The fourth-order valence-corrected chi connectivity index (χ4v) is 2.71. The summed E-state index contributed by atoms with van der Waals surface area (Å²) in [5.41, 5.74) is 1.27. The van der Waals surface area contributed by atoms with E-state index in [1.807, 2.05) is 18.2 Å². The maximum absolute atomic E-state index is 12.0. The lowest BCUT2D eigenvalue weighted by Crippen LogP contribution is -2.38. The van der Waals surface area contributed by atoms with E-state index in [4.69, 9.17) is 0 Å². The monoisotopic (exact) mass is 260 g/mol. The molecule has 1 amide bonds. The van der Waals surface area contributed by atoms with Crippen molar-refractivity contribution < 1.29 is 4.79 Å². The van der Waals surface area contributed by atoms with Gasteiger partial charge in [-0.3, -0.25) is 4.79 Å². The van der Waals surface area contributed by atoms with Crippen LogP contribution in [0.3, 0.4) is 0 Å². The normalized spacial score (nSPS) is 20.8. The second kappa shape index (κ2) is 7.29. The average molecular weight is 260 g/mol. The molecule has 0 aromatic heterocycles. The van der Waals surface area contributed by atoms with Crippen molar-refractivity contribution in [2.45, 2.75) is 38.6 Å². The maximum Gasteiger partial charge on any atom is 0.220 e. The Morgan fingerprint density at radius 3 is 2.89 bits per heavy atom. The smallest absolute Gasteiger partial charge is 0.220 e. The Labute approximate surface area is 115 Å². The van der Waals surface area contributed by atoms with Gasteiger partial charge in [0.15, 0.2) is 0 Å². The third-order valence-corrected chi connectivity index (χ3v) is 3.67. The summed E-state index contributed by atoms with van der Waals surface area (Å²) in [4.78, 5) is 12.0. The van der Waals surface area contributed by atoms with E-state index >= 15 is 0 Å². The molecule has 2 rings (SSSR count). The number of hydrogen-bond donors (Lipinski definition) is 2. The Hall–Kier alpha value is -1.35. The van der Waals surface area contributed by atoms with E-state index in [0.717, 1.165) is 19.5 Å². The summed E-state index contributed by atoms with van der Waals surface area (Å²) in [5, 5.41) is 6.46. The first-order valence-corrected chi connectivity index (χ1v) is 7.28. The molecule has 2 unspecified atom stereocenters. The predicted octanol–water partition coefficient (Wildman–Crippen LogP) is 2.12. The van der Waals surface area contributed by atoms with Crippen LogP contribution in [0.2, 0.25) is 0 Å². The minimum atomic E-state index is 0.192. The van der Waals surface area contributed by atoms with Gasteiger partial charge in [0.25, 0.3) is 0 Å². The Balaban J connectivity index is 1.72. The molecule has 3 nitrogen and oxygen atoms in total. The van der Waals surface area contributed by atoms with Crippen molar-refractivity contribution in [3.8, 4) is 0 Å². The highest BCUT2D eigenvalue weighted by atomic mass is 16.1. The van der Waals surface area contributed by atoms with Crippen LogP contribution in [0, 0.1) is 5.92 Å². The number of amides is 1. The molecule has 1 aliphatic heterocycles. The van der Waals surface area contributed by atoms with Crippen LogP contribution in [0.5, 0.6) is 0 Å². The highest BCUT2D eigenvalue weighted by molar-refractivity contribution is 5.76. The largest absolute Gasteiger partial charge is 0.353 e. The van der Waals surface area contributed by atoms with E-state index in [9.17, 15) is 4.79 Å². The van der Waals surface area contributed by atoms with Crippen LogP contribution in [0.1, 0.15) is 31.7 Å². The van der Waals surface area contributed by atoms with Gasteiger partial charge in [-0.15, -0.1) is 0 Å². The number of carbonyl (C=O) groups excluding carboxylic acids is 1. The van der Waals surface area contributed by atoms with Crippen LogP contribution in [-0.4, -0.2) is 25.0 Å². The summed E-state index contributed by atoms with van der Waals surface area (Å²) in [5.74, 6) is 0.704. The molecule has 104 valence electrons. The number of rotatable bonds is 5. The molecule has 19 heavy (non-hydrogen) atoms. The minimum absolute atomic E-state index is 0.192. The number of hydrogen-bond acceptors (Lipinski definition) is 2. The Bertz CT molecular complexity index is 385. The minimum Gasteiger partial charge on any atom is -0.353 e. The zero-order valence-corrected chi connectivity index (χ0v) is 11.7. The molecule has 2 atom stereocenters. The second-order valence-corrected chi connectivity index (χ2v) is 5.57. The number of nitrogens with one attached hydrogen (secondary N) is 2. The summed E-state index contributed by atoms with van der Waals surface area (Å²) in [6.07, 6.45) is 3.92. The van der Waals surface area contributed by atoms with Gasteiger partial charge in [0.2, 0.25) is 5.91 Å². The van der Waals surface area contributed by atoms with Crippen molar-refractivity contribution in [1.29, 1.82) is 0 Å². The quantitative estimate of drug-likeness (QED) is 0.851. The lowest BCUT2D eigenvalue weighted by atomic mass is 9.95. The van der Waals surface area contributed by atoms with Crippen LogP contribution in [0.4, 0.5) is 0 Å². The number of benzene rings is 1. The fraction of sp³-hybridized carbons (Fsp3) is 0.562. The molecule has 1 aromatic rings. The third kappa shape index (κ3) is 5.03. The van der Waals surface area contributed by atoms with Gasteiger partial charge in [0.1, 0.15) is 0 Å². The van der Waals surface area contributed by atoms with E-state index in [0.29, 0.717) is 12.3 Å². The molecule has 1 fully saturated rings. The van der Waals surface area contributed by atoms with Gasteiger partial charge in [0.05, 0.1) is 0 Å². The molecule has 0 saturated carbocycles. The Morgan fingerprint density at radius 1 is 1.42 bits per heavy atom.